The van der Waals surface area contributed by atoms with E-state index in [9.17, 15) is 4.79 Å². The molecule has 7 fully saturated rings. The number of ether oxygens (including phenoxy) is 1. The molecule has 156 valence electrons. The summed E-state index contributed by atoms with van der Waals surface area (Å²) in [5.41, 5.74) is 5.95. The molecule has 2 spiro atoms. The van der Waals surface area contributed by atoms with Crippen molar-refractivity contribution in [3.8, 4) is 0 Å². The minimum Gasteiger partial charge on any atom is -0.341 e. The van der Waals surface area contributed by atoms with Crippen molar-refractivity contribution in [1.29, 1.82) is 0 Å². The summed E-state index contributed by atoms with van der Waals surface area (Å²) in [6.07, 6.45) is 11.7. The average Bonchev–Trinajstić information content (AvgIpc) is 3.27. The molecule has 6 heteroatoms. The van der Waals surface area contributed by atoms with Crippen LogP contribution in [-0.2, 0) is 19.3 Å². The Hall–Kier alpha value is -0.690. The predicted octanol–water partition coefficient (Wildman–Crippen LogP) is 2.95. The number of carbonyl (C=O) groups excluding carboxylic acids is 1. The lowest BCUT2D eigenvalue weighted by molar-refractivity contribution is -0.390. The first-order chi connectivity index (χ1) is 13.5. The van der Waals surface area contributed by atoms with Crippen LogP contribution in [0.25, 0.3) is 0 Å². The lowest BCUT2D eigenvalue weighted by Gasteiger charge is -2.57. The maximum Gasteiger partial charge on any atom is 0.222 e. The summed E-state index contributed by atoms with van der Waals surface area (Å²) in [7, 11) is 0. The van der Waals surface area contributed by atoms with E-state index in [0.717, 1.165) is 57.0 Å². The van der Waals surface area contributed by atoms with Crippen molar-refractivity contribution in [2.75, 3.05) is 13.1 Å². The monoisotopic (exact) mass is 390 g/mol. The molecule has 6 nitrogen and oxygen atoms in total. The summed E-state index contributed by atoms with van der Waals surface area (Å²) >= 11 is 0. The van der Waals surface area contributed by atoms with Crippen molar-refractivity contribution in [3.05, 3.63) is 0 Å². The lowest BCUT2D eigenvalue weighted by Crippen LogP contribution is -2.59. The molecule has 7 rings (SSSR count). The summed E-state index contributed by atoms with van der Waals surface area (Å²) in [4.78, 5) is 26.6. The zero-order valence-electron chi connectivity index (χ0n) is 16.8. The Kier molecular flexibility index (Phi) is 4.14. The van der Waals surface area contributed by atoms with Gasteiger partial charge in [-0.25, -0.2) is 0 Å². The molecule has 28 heavy (non-hydrogen) atoms. The van der Waals surface area contributed by atoms with Gasteiger partial charge in [-0.3, -0.25) is 4.79 Å². The van der Waals surface area contributed by atoms with Gasteiger partial charge in [0.05, 0.1) is 0 Å². The van der Waals surface area contributed by atoms with Crippen LogP contribution < -0.4 is 5.73 Å². The molecule has 2 aliphatic heterocycles. The highest BCUT2D eigenvalue weighted by Crippen LogP contribution is 2.63. The van der Waals surface area contributed by atoms with E-state index in [1.54, 1.807) is 0 Å². The third-order valence-electron chi connectivity index (χ3n) is 8.85. The quantitative estimate of drug-likeness (QED) is 0.734. The Bertz CT molecular complexity index is 616. The Balaban J connectivity index is 1.08. The highest BCUT2D eigenvalue weighted by molar-refractivity contribution is 5.76. The van der Waals surface area contributed by atoms with Crippen LogP contribution >= 0.6 is 0 Å². The molecule has 1 amide bonds. The Morgan fingerprint density at radius 3 is 2.25 bits per heavy atom. The number of nitrogens with zero attached hydrogens (tertiary/aromatic N) is 1. The standard InChI is InChI=1S/C22H34N2O4/c23-19-3-6-24(13-19)20(25)12-14-1-4-21(5-2-14)26-22(28-27-21)17-8-15-7-16(10-17)11-18(22)9-15/h14-19H,1-13,23H2/t14?,15?,16?,17?,18?,19-,21?,22?/m0/s1. The van der Waals surface area contributed by atoms with Crippen LogP contribution in [0.3, 0.4) is 0 Å². The summed E-state index contributed by atoms with van der Waals surface area (Å²) in [6, 6.07) is 0.160. The van der Waals surface area contributed by atoms with Crippen molar-refractivity contribution in [2.24, 2.45) is 35.3 Å². The van der Waals surface area contributed by atoms with Crippen molar-refractivity contribution in [3.63, 3.8) is 0 Å². The van der Waals surface area contributed by atoms with Crippen LogP contribution in [0.1, 0.15) is 70.6 Å². The zero-order valence-corrected chi connectivity index (χ0v) is 16.8. The van der Waals surface area contributed by atoms with Crippen LogP contribution in [0.15, 0.2) is 0 Å². The van der Waals surface area contributed by atoms with E-state index in [1.165, 1.54) is 32.1 Å². The number of carbonyl (C=O) groups is 1. The number of amides is 1. The predicted molar refractivity (Wildman–Crippen MR) is 102 cm³/mol. The first-order valence-electron chi connectivity index (χ1n) is 11.6. The van der Waals surface area contributed by atoms with E-state index < -0.39 is 11.6 Å². The molecule has 5 saturated carbocycles. The van der Waals surface area contributed by atoms with Crippen LogP contribution in [0, 0.1) is 29.6 Å². The average molecular weight is 391 g/mol. The maximum absolute atomic E-state index is 12.6. The van der Waals surface area contributed by atoms with Crippen LogP contribution in [-0.4, -0.2) is 41.5 Å². The maximum atomic E-state index is 12.6. The summed E-state index contributed by atoms with van der Waals surface area (Å²) in [5.74, 6) is 2.47. The number of hydrogen-bond acceptors (Lipinski definition) is 5. The highest BCUT2D eigenvalue weighted by atomic mass is 17.3. The topological polar surface area (TPSA) is 74.0 Å². The van der Waals surface area contributed by atoms with Gasteiger partial charge in [0.15, 0.2) is 0 Å². The molecule has 0 aromatic rings. The smallest absolute Gasteiger partial charge is 0.222 e. The fourth-order valence-corrected chi connectivity index (χ4v) is 7.51. The van der Waals surface area contributed by atoms with E-state index in [-0.39, 0.29) is 11.9 Å². The van der Waals surface area contributed by atoms with Gasteiger partial charge < -0.3 is 15.4 Å². The summed E-state index contributed by atoms with van der Waals surface area (Å²) in [6.45, 7) is 1.55. The third kappa shape index (κ3) is 2.78. The number of rotatable bonds is 2. The second-order valence-electron chi connectivity index (χ2n) is 10.7. The van der Waals surface area contributed by atoms with E-state index in [1.807, 2.05) is 4.90 Å². The Labute approximate surface area is 167 Å². The van der Waals surface area contributed by atoms with Gasteiger partial charge in [0.25, 0.3) is 0 Å². The van der Waals surface area contributed by atoms with Crippen LogP contribution in [0.5, 0.6) is 0 Å². The van der Waals surface area contributed by atoms with Crippen molar-refractivity contribution in [1.82, 2.24) is 4.90 Å². The molecular formula is C22H34N2O4. The van der Waals surface area contributed by atoms with Gasteiger partial charge in [0, 0.05) is 50.2 Å². The van der Waals surface area contributed by atoms with Gasteiger partial charge in [-0.1, -0.05) is 0 Å². The summed E-state index contributed by atoms with van der Waals surface area (Å²) in [5, 5.41) is 0. The zero-order chi connectivity index (χ0) is 18.9. The minimum absolute atomic E-state index is 0.160. The second kappa shape index (κ2) is 6.40. The number of nitrogens with two attached hydrogens (primary N) is 1. The number of likely N-dealkylation sites (tertiary alicyclic amines) is 1. The SMILES string of the molecule is N[C@H]1CCN(C(=O)CC2CCC3(CC2)OOC2(O3)C3CC4CC(C3)CC2C4)C1. The van der Waals surface area contributed by atoms with Gasteiger partial charge in [0.1, 0.15) is 0 Å². The van der Waals surface area contributed by atoms with Crippen LogP contribution in [0.2, 0.25) is 0 Å². The minimum atomic E-state index is -0.565. The fourth-order valence-electron chi connectivity index (χ4n) is 7.51. The fraction of sp³-hybridized carbons (Fsp3) is 0.955. The molecule has 0 unspecified atom stereocenters. The summed E-state index contributed by atoms with van der Waals surface area (Å²) < 4.78 is 6.77. The van der Waals surface area contributed by atoms with Crippen molar-refractivity contribution >= 4 is 5.91 Å². The first kappa shape index (κ1) is 18.1. The molecule has 2 heterocycles. The van der Waals surface area contributed by atoms with E-state index in [2.05, 4.69) is 0 Å². The Morgan fingerprint density at radius 1 is 0.964 bits per heavy atom. The van der Waals surface area contributed by atoms with Gasteiger partial charge >= 0.3 is 0 Å². The van der Waals surface area contributed by atoms with Crippen molar-refractivity contribution in [2.45, 2.75) is 88.2 Å². The molecular weight excluding hydrogens is 356 g/mol. The molecule has 7 aliphatic rings. The molecule has 5 aliphatic carbocycles. The van der Waals surface area contributed by atoms with E-state index in [4.69, 9.17) is 20.2 Å². The Morgan fingerprint density at radius 2 is 1.64 bits per heavy atom. The van der Waals surface area contributed by atoms with Crippen LogP contribution in [0.4, 0.5) is 0 Å². The van der Waals surface area contributed by atoms with E-state index in [0.29, 0.717) is 24.2 Å². The van der Waals surface area contributed by atoms with E-state index >= 15 is 0 Å². The van der Waals surface area contributed by atoms with Crippen molar-refractivity contribution < 1.29 is 19.3 Å². The van der Waals surface area contributed by atoms with Gasteiger partial charge in [-0.05, 0) is 69.1 Å². The molecule has 1 atom stereocenters. The lowest BCUT2D eigenvalue weighted by atomic mass is 9.53. The second-order valence-corrected chi connectivity index (χ2v) is 10.7. The van der Waals surface area contributed by atoms with Gasteiger partial charge in [-0.15, -0.1) is 0 Å². The molecule has 0 aromatic heterocycles. The molecule has 2 saturated heterocycles. The molecule has 4 bridgehead atoms. The third-order valence-corrected chi connectivity index (χ3v) is 8.85. The molecule has 2 N–H and O–H groups in total. The largest absolute Gasteiger partial charge is 0.341 e. The highest BCUT2D eigenvalue weighted by Gasteiger charge is 2.66. The number of hydrogen-bond donors (Lipinski definition) is 1. The normalized spacial score (nSPS) is 52.2. The molecule has 0 radical (unpaired) electrons. The molecule has 0 aromatic carbocycles. The first-order valence-corrected chi connectivity index (χ1v) is 11.6. The van der Waals surface area contributed by atoms with Gasteiger partial charge in [-0.2, -0.15) is 9.78 Å². The van der Waals surface area contributed by atoms with Gasteiger partial charge in [0.2, 0.25) is 17.5 Å².